The number of benzene rings is 2. The summed E-state index contributed by atoms with van der Waals surface area (Å²) < 4.78 is 11.5. The molecule has 0 atom stereocenters. The first kappa shape index (κ1) is 25.6. The molecule has 0 radical (unpaired) electrons. The highest BCUT2D eigenvalue weighted by molar-refractivity contribution is 6.04. The molecule has 9 nitrogen and oxygen atoms in total. The molecule has 0 aliphatic carbocycles. The third-order valence-corrected chi connectivity index (χ3v) is 5.32. The lowest BCUT2D eigenvalue weighted by Gasteiger charge is -2.21. The second-order valence-electron chi connectivity index (χ2n) is 7.83. The minimum absolute atomic E-state index is 0.0406. The number of aromatic nitrogens is 2. The molecule has 9 heteroatoms. The second-order valence-corrected chi connectivity index (χ2v) is 7.83. The molecule has 1 aromatic heterocycles. The lowest BCUT2D eigenvalue weighted by atomic mass is 10.1. The summed E-state index contributed by atoms with van der Waals surface area (Å²) in [7, 11) is 0. The number of aryl methyl sites for hydroxylation is 1. The molecule has 35 heavy (non-hydrogen) atoms. The minimum atomic E-state index is -0.831. The van der Waals surface area contributed by atoms with Crippen LogP contribution in [0.15, 0.2) is 59.4 Å². The number of amides is 1. The van der Waals surface area contributed by atoms with Crippen LogP contribution in [0.1, 0.15) is 43.6 Å². The van der Waals surface area contributed by atoms with Crippen molar-refractivity contribution in [2.24, 2.45) is 0 Å². The molecular formula is C26H29N3O6. The Balaban J connectivity index is 1.82. The van der Waals surface area contributed by atoms with Gasteiger partial charge < -0.3 is 9.47 Å². The maximum Gasteiger partial charge on any atom is 0.359 e. The van der Waals surface area contributed by atoms with Gasteiger partial charge in [-0.2, -0.15) is 5.10 Å². The van der Waals surface area contributed by atoms with Crippen molar-refractivity contribution in [3.05, 3.63) is 70.6 Å². The number of hydrogen-bond acceptors (Lipinski definition) is 7. The van der Waals surface area contributed by atoms with E-state index in [9.17, 15) is 19.2 Å². The number of para-hydroxylation sites is 1. The number of unbranched alkanes of at least 4 members (excludes halogenated alkanes) is 2. The van der Waals surface area contributed by atoms with E-state index in [1.165, 1.54) is 9.58 Å². The van der Waals surface area contributed by atoms with Crippen molar-refractivity contribution in [2.75, 3.05) is 24.7 Å². The molecule has 3 aromatic rings. The van der Waals surface area contributed by atoms with E-state index in [1.807, 2.05) is 0 Å². The predicted octanol–water partition coefficient (Wildman–Crippen LogP) is 3.34. The summed E-state index contributed by atoms with van der Waals surface area (Å²) in [6.45, 7) is 3.34. The van der Waals surface area contributed by atoms with E-state index >= 15 is 0 Å². The van der Waals surface area contributed by atoms with Gasteiger partial charge >= 0.3 is 11.9 Å². The molecular weight excluding hydrogens is 450 g/mol. The van der Waals surface area contributed by atoms with Gasteiger partial charge in [-0.05, 0) is 31.5 Å². The lowest BCUT2D eigenvalue weighted by Crippen LogP contribution is -2.39. The third kappa shape index (κ3) is 6.53. The summed E-state index contributed by atoms with van der Waals surface area (Å²) in [6.07, 6.45) is 2.64. The quantitative estimate of drug-likeness (QED) is 0.307. The molecule has 0 fully saturated rings. The Kier molecular flexibility index (Phi) is 9.11. The molecule has 2 aromatic carbocycles. The third-order valence-electron chi connectivity index (χ3n) is 5.32. The largest absolute Gasteiger partial charge is 0.465 e. The van der Waals surface area contributed by atoms with Gasteiger partial charge in [-0.25, -0.2) is 9.48 Å². The number of anilines is 1. The van der Waals surface area contributed by atoms with E-state index in [1.54, 1.807) is 61.5 Å². The van der Waals surface area contributed by atoms with Gasteiger partial charge in [-0.3, -0.25) is 19.3 Å². The van der Waals surface area contributed by atoms with Crippen LogP contribution in [0.3, 0.4) is 0 Å². The second kappa shape index (κ2) is 12.5. The highest BCUT2D eigenvalue weighted by atomic mass is 16.5. The monoisotopic (exact) mass is 479 g/mol. The van der Waals surface area contributed by atoms with E-state index in [-0.39, 0.29) is 24.4 Å². The fraction of sp³-hybridized carbons (Fsp3) is 0.346. The van der Waals surface area contributed by atoms with E-state index in [2.05, 4.69) is 12.0 Å². The SMILES string of the molecule is CCCCCn1nc(C(=O)OCC(=O)N(CC(=O)OCC)c2ccccc2)c2ccccc2c1=O. The molecule has 0 aliphatic heterocycles. The van der Waals surface area contributed by atoms with Crippen LogP contribution < -0.4 is 10.5 Å². The van der Waals surface area contributed by atoms with E-state index in [0.717, 1.165) is 19.3 Å². The van der Waals surface area contributed by atoms with Gasteiger partial charge in [-0.1, -0.05) is 56.2 Å². The van der Waals surface area contributed by atoms with E-state index in [0.29, 0.717) is 23.0 Å². The first-order valence-electron chi connectivity index (χ1n) is 11.6. The fourth-order valence-electron chi connectivity index (χ4n) is 3.59. The Bertz CT molecular complexity index is 1240. The standard InChI is InChI=1S/C26H29N3O6/c1-3-5-11-16-29-25(32)21-15-10-9-14-20(21)24(27-29)26(33)35-18-22(30)28(17-23(31)34-4-2)19-12-7-6-8-13-19/h6-10,12-15H,3-5,11,16-18H2,1-2H3. The Hall–Kier alpha value is -4.01. The number of nitrogens with zero attached hydrogens (tertiary/aromatic N) is 3. The van der Waals surface area contributed by atoms with Gasteiger partial charge in [-0.15, -0.1) is 0 Å². The summed E-state index contributed by atoms with van der Waals surface area (Å²) in [6, 6.07) is 15.2. The summed E-state index contributed by atoms with van der Waals surface area (Å²) in [5.41, 5.74) is 0.143. The zero-order chi connectivity index (χ0) is 25.2. The zero-order valence-electron chi connectivity index (χ0n) is 19.9. The van der Waals surface area contributed by atoms with Crippen LogP contribution in [0.5, 0.6) is 0 Å². The molecule has 3 rings (SSSR count). The van der Waals surface area contributed by atoms with Gasteiger partial charge in [0.15, 0.2) is 12.3 Å². The van der Waals surface area contributed by atoms with Crippen LogP contribution in [0.25, 0.3) is 10.8 Å². The number of hydrogen-bond donors (Lipinski definition) is 0. The van der Waals surface area contributed by atoms with Crippen LogP contribution in [-0.4, -0.2) is 47.4 Å². The zero-order valence-corrected chi connectivity index (χ0v) is 19.9. The van der Waals surface area contributed by atoms with Crippen molar-refractivity contribution < 1.29 is 23.9 Å². The van der Waals surface area contributed by atoms with Gasteiger partial charge in [0.2, 0.25) is 0 Å². The van der Waals surface area contributed by atoms with Crippen molar-refractivity contribution in [1.82, 2.24) is 9.78 Å². The van der Waals surface area contributed by atoms with Crippen molar-refractivity contribution in [3.8, 4) is 0 Å². The first-order valence-corrected chi connectivity index (χ1v) is 11.6. The molecule has 184 valence electrons. The Labute approximate surface area is 203 Å². The first-order chi connectivity index (χ1) is 17.0. The topological polar surface area (TPSA) is 108 Å². The number of carbonyl (C=O) groups excluding carboxylic acids is 3. The highest BCUT2D eigenvalue weighted by Gasteiger charge is 2.23. The number of rotatable bonds is 11. The lowest BCUT2D eigenvalue weighted by molar-refractivity contribution is -0.142. The molecule has 0 bridgehead atoms. The van der Waals surface area contributed by atoms with Gasteiger partial charge in [0.25, 0.3) is 11.5 Å². The normalized spacial score (nSPS) is 10.7. The average molecular weight is 480 g/mol. The highest BCUT2D eigenvalue weighted by Crippen LogP contribution is 2.16. The maximum absolute atomic E-state index is 13.0. The Morgan fingerprint density at radius 2 is 1.60 bits per heavy atom. The van der Waals surface area contributed by atoms with Crippen LogP contribution in [0.2, 0.25) is 0 Å². The molecule has 0 aliphatic rings. The average Bonchev–Trinajstić information content (AvgIpc) is 2.88. The van der Waals surface area contributed by atoms with Crippen molar-refractivity contribution in [2.45, 2.75) is 39.7 Å². The molecule has 1 heterocycles. The Morgan fingerprint density at radius 3 is 2.29 bits per heavy atom. The number of fused-ring (bicyclic) bond motifs is 1. The molecule has 1 amide bonds. The summed E-state index contributed by atoms with van der Waals surface area (Å²) >= 11 is 0. The molecule has 0 spiro atoms. The summed E-state index contributed by atoms with van der Waals surface area (Å²) in [5.74, 6) is -2.01. The van der Waals surface area contributed by atoms with Crippen LogP contribution in [-0.2, 0) is 25.6 Å². The number of carbonyl (C=O) groups is 3. The molecule has 0 saturated heterocycles. The van der Waals surface area contributed by atoms with Gasteiger partial charge in [0.1, 0.15) is 6.54 Å². The van der Waals surface area contributed by atoms with E-state index < -0.39 is 24.5 Å². The smallest absolute Gasteiger partial charge is 0.359 e. The van der Waals surface area contributed by atoms with Gasteiger partial charge in [0, 0.05) is 17.6 Å². The van der Waals surface area contributed by atoms with Crippen molar-refractivity contribution in [1.29, 1.82) is 0 Å². The van der Waals surface area contributed by atoms with Crippen LogP contribution in [0.4, 0.5) is 5.69 Å². The van der Waals surface area contributed by atoms with Gasteiger partial charge in [0.05, 0.1) is 12.0 Å². The summed E-state index contributed by atoms with van der Waals surface area (Å²) in [4.78, 5) is 52.0. The number of ether oxygens (including phenoxy) is 2. The van der Waals surface area contributed by atoms with Crippen LogP contribution >= 0.6 is 0 Å². The predicted molar refractivity (Wildman–Crippen MR) is 131 cm³/mol. The maximum atomic E-state index is 13.0. The molecule has 0 saturated carbocycles. The van der Waals surface area contributed by atoms with Crippen molar-refractivity contribution in [3.63, 3.8) is 0 Å². The summed E-state index contributed by atoms with van der Waals surface area (Å²) in [5, 5.41) is 4.96. The Morgan fingerprint density at radius 1 is 0.914 bits per heavy atom. The minimum Gasteiger partial charge on any atom is -0.465 e. The number of esters is 2. The van der Waals surface area contributed by atoms with Crippen LogP contribution in [0, 0.1) is 0 Å². The fourth-order valence-corrected chi connectivity index (χ4v) is 3.59. The molecule has 0 unspecified atom stereocenters. The molecule has 0 N–H and O–H groups in total. The van der Waals surface area contributed by atoms with Crippen molar-refractivity contribution >= 4 is 34.3 Å². The van der Waals surface area contributed by atoms with E-state index in [4.69, 9.17) is 9.47 Å².